The summed E-state index contributed by atoms with van der Waals surface area (Å²) in [5, 5.41) is 11.8. The minimum Gasteiger partial charge on any atom is -0.406 e. The summed E-state index contributed by atoms with van der Waals surface area (Å²) in [7, 11) is 0. The largest absolute Gasteiger partial charge is 0.573 e. The lowest BCUT2D eigenvalue weighted by Gasteiger charge is -2.39. The van der Waals surface area contributed by atoms with Crippen molar-refractivity contribution in [3.63, 3.8) is 0 Å². The van der Waals surface area contributed by atoms with Gasteiger partial charge >= 0.3 is 12.4 Å². The number of allylic oxidation sites excluding steroid dienone is 1. The van der Waals surface area contributed by atoms with Gasteiger partial charge in [0.25, 0.3) is 0 Å². The molecule has 1 atom stereocenters. The lowest BCUT2D eigenvalue weighted by molar-refractivity contribution is -0.274. The van der Waals surface area contributed by atoms with E-state index in [0.717, 1.165) is 37.5 Å². The Hall–Kier alpha value is -3.28. The van der Waals surface area contributed by atoms with Crippen molar-refractivity contribution in [2.75, 3.05) is 26.2 Å². The van der Waals surface area contributed by atoms with E-state index in [-0.39, 0.29) is 41.8 Å². The number of urea groups is 1. The van der Waals surface area contributed by atoms with Gasteiger partial charge in [-0.05, 0) is 37.8 Å². The predicted molar refractivity (Wildman–Crippen MR) is 115 cm³/mol. The molecule has 1 saturated carbocycles. The molecule has 3 rings (SSSR count). The first-order valence-electron chi connectivity index (χ1n) is 10.9. The first kappa shape index (κ1) is 25.3. The molecular weight excluding hydrogens is 457 g/mol. The highest BCUT2D eigenvalue weighted by molar-refractivity contribution is 6.05. The van der Waals surface area contributed by atoms with Crippen LogP contribution >= 0.6 is 0 Å². The molecule has 9 nitrogen and oxygen atoms in total. The number of hydrogen-bond acceptors (Lipinski definition) is 6. The summed E-state index contributed by atoms with van der Waals surface area (Å²) in [5.74, 6) is -1.54. The van der Waals surface area contributed by atoms with Crippen LogP contribution in [0.1, 0.15) is 36.0 Å². The van der Waals surface area contributed by atoms with Gasteiger partial charge in [-0.2, -0.15) is 0 Å². The monoisotopic (exact) mass is 484 g/mol. The molecule has 2 aliphatic rings. The van der Waals surface area contributed by atoms with Gasteiger partial charge in [0.1, 0.15) is 12.4 Å². The van der Waals surface area contributed by atoms with Crippen LogP contribution in [0.4, 0.5) is 18.0 Å². The van der Waals surface area contributed by atoms with E-state index in [1.54, 1.807) is 9.80 Å². The minimum atomic E-state index is -4.88. The van der Waals surface area contributed by atoms with E-state index in [0.29, 0.717) is 19.5 Å². The van der Waals surface area contributed by atoms with Gasteiger partial charge in [0.15, 0.2) is 5.78 Å². The number of benzene rings is 1. The van der Waals surface area contributed by atoms with Gasteiger partial charge < -0.3 is 30.7 Å². The Morgan fingerprint density at radius 1 is 1.24 bits per heavy atom. The lowest BCUT2D eigenvalue weighted by Crippen LogP contribution is -2.55. The number of nitrogens with zero attached hydrogens (tertiary/aromatic N) is 2. The molecule has 12 heteroatoms. The first-order valence-corrected chi connectivity index (χ1v) is 10.9. The van der Waals surface area contributed by atoms with Gasteiger partial charge in [-0.3, -0.25) is 9.59 Å². The highest BCUT2D eigenvalue weighted by Crippen LogP contribution is 2.31. The summed E-state index contributed by atoms with van der Waals surface area (Å²) in [6.07, 6.45) is -0.721. The van der Waals surface area contributed by atoms with E-state index < -0.39 is 24.5 Å². The maximum Gasteiger partial charge on any atom is 0.573 e. The van der Waals surface area contributed by atoms with Crippen LogP contribution in [0.3, 0.4) is 0 Å². The van der Waals surface area contributed by atoms with Gasteiger partial charge in [-0.1, -0.05) is 12.1 Å². The average molecular weight is 484 g/mol. The molecule has 0 bridgehead atoms. The number of aliphatic hydroxyl groups is 1. The second-order valence-corrected chi connectivity index (χ2v) is 8.25. The third-order valence-corrected chi connectivity index (χ3v) is 5.57. The van der Waals surface area contributed by atoms with Crippen molar-refractivity contribution in [1.82, 2.24) is 15.1 Å². The molecule has 1 aromatic carbocycles. The quantitative estimate of drug-likeness (QED) is 0.382. The molecule has 1 saturated heterocycles. The van der Waals surface area contributed by atoms with Gasteiger partial charge in [0.2, 0.25) is 5.91 Å². The summed E-state index contributed by atoms with van der Waals surface area (Å²) >= 11 is 0. The molecular formula is C22H27F3N4O5. The number of halogens is 3. The third-order valence-electron chi connectivity index (χ3n) is 5.57. The number of hydrogen-bond donors (Lipinski definition) is 3. The maximum absolute atomic E-state index is 12.9. The van der Waals surface area contributed by atoms with Crippen LogP contribution in [-0.4, -0.2) is 77.3 Å². The Morgan fingerprint density at radius 2 is 1.97 bits per heavy atom. The molecule has 34 heavy (non-hydrogen) atoms. The number of carbonyl (C=O) groups is 3. The minimum absolute atomic E-state index is 0.0250. The molecule has 1 aliphatic carbocycles. The van der Waals surface area contributed by atoms with E-state index in [2.05, 4.69) is 10.1 Å². The Kier molecular flexibility index (Phi) is 8.02. The smallest absolute Gasteiger partial charge is 0.406 e. The number of amides is 3. The van der Waals surface area contributed by atoms with Crippen LogP contribution in [-0.2, 0) is 4.79 Å². The fourth-order valence-corrected chi connectivity index (χ4v) is 3.91. The van der Waals surface area contributed by atoms with Gasteiger partial charge in [-0.25, -0.2) is 4.79 Å². The lowest BCUT2D eigenvalue weighted by atomic mass is 10.0. The van der Waals surface area contributed by atoms with E-state index in [9.17, 15) is 27.6 Å². The third kappa shape index (κ3) is 7.11. The number of rotatable bonds is 8. The molecule has 3 amide bonds. The van der Waals surface area contributed by atoms with E-state index in [1.807, 2.05) is 0 Å². The van der Waals surface area contributed by atoms with Crippen molar-refractivity contribution in [1.29, 1.82) is 0 Å². The molecule has 4 N–H and O–H groups in total. The zero-order chi connectivity index (χ0) is 24.9. The number of nitrogens with two attached hydrogens (primary N) is 1. The fraction of sp³-hybridized carbons (Fsp3) is 0.500. The molecule has 1 aliphatic heterocycles. The number of piperidine rings is 1. The number of aliphatic hydroxyl groups excluding tert-OH is 1. The number of ketones is 1. The van der Waals surface area contributed by atoms with Crippen LogP contribution in [0.25, 0.3) is 0 Å². The van der Waals surface area contributed by atoms with Crippen molar-refractivity contribution < 1.29 is 37.4 Å². The van der Waals surface area contributed by atoms with Gasteiger partial charge in [0, 0.05) is 36.5 Å². The summed E-state index contributed by atoms with van der Waals surface area (Å²) in [4.78, 5) is 40.3. The molecule has 0 unspecified atom stereocenters. The standard InChI is InChI=1S/C22H27F3N4O5/c23-22(24,25)34-18-5-1-3-14(9-18)19(31)10-15(26)11-27-21(33)29(16-6-7-16)17-4-2-8-28(12-17)20(32)13-30/h1,3,5,9-10,16-17,30H,2,4,6-8,11-13,26H2,(H,27,33)/t17-/m1/s1. The second kappa shape index (κ2) is 10.8. The van der Waals surface area contributed by atoms with Crippen LogP contribution in [0.15, 0.2) is 36.0 Å². The zero-order valence-corrected chi connectivity index (χ0v) is 18.4. The molecule has 0 spiro atoms. The molecule has 0 aromatic heterocycles. The average Bonchev–Trinajstić information content (AvgIpc) is 3.61. The second-order valence-electron chi connectivity index (χ2n) is 8.25. The Bertz CT molecular complexity index is 949. The SMILES string of the molecule is NC(=CC(=O)c1cccc(OC(F)(F)F)c1)CNC(=O)N(C1CC1)[C@@H]1CCCN(C(=O)CO)C1. The van der Waals surface area contributed by atoms with Crippen LogP contribution < -0.4 is 15.8 Å². The molecule has 2 fully saturated rings. The summed E-state index contributed by atoms with van der Waals surface area (Å²) < 4.78 is 41.0. The van der Waals surface area contributed by atoms with Crippen LogP contribution in [0.2, 0.25) is 0 Å². The number of likely N-dealkylation sites (tertiary alicyclic amines) is 1. The number of alkyl halides is 3. The van der Waals surface area contributed by atoms with Crippen molar-refractivity contribution in [2.24, 2.45) is 5.73 Å². The summed E-state index contributed by atoms with van der Waals surface area (Å²) in [6.45, 7) is 0.147. The van der Waals surface area contributed by atoms with E-state index >= 15 is 0 Å². The number of carbonyl (C=O) groups excluding carboxylic acids is 3. The first-order chi connectivity index (χ1) is 16.1. The van der Waals surface area contributed by atoms with Crippen molar-refractivity contribution in [2.45, 2.75) is 44.1 Å². The summed E-state index contributed by atoms with van der Waals surface area (Å²) in [6, 6.07) is 4.08. The topological polar surface area (TPSA) is 125 Å². The van der Waals surface area contributed by atoms with Crippen LogP contribution in [0, 0.1) is 0 Å². The zero-order valence-electron chi connectivity index (χ0n) is 18.4. The van der Waals surface area contributed by atoms with Crippen molar-refractivity contribution in [3.05, 3.63) is 41.6 Å². The van der Waals surface area contributed by atoms with Crippen LogP contribution in [0.5, 0.6) is 5.75 Å². The Balaban J connectivity index is 1.59. The summed E-state index contributed by atoms with van der Waals surface area (Å²) in [5.41, 5.74) is 5.84. The number of ether oxygens (including phenoxy) is 1. The van der Waals surface area contributed by atoms with Crippen molar-refractivity contribution in [3.8, 4) is 5.75 Å². The van der Waals surface area contributed by atoms with E-state index in [1.165, 1.54) is 12.1 Å². The normalized spacial score (nSPS) is 18.9. The Labute approximate surface area is 194 Å². The predicted octanol–water partition coefficient (Wildman–Crippen LogP) is 1.77. The van der Waals surface area contributed by atoms with E-state index in [4.69, 9.17) is 10.8 Å². The fourth-order valence-electron chi connectivity index (χ4n) is 3.91. The highest BCUT2D eigenvalue weighted by atomic mass is 19.4. The maximum atomic E-state index is 12.9. The molecule has 1 heterocycles. The van der Waals surface area contributed by atoms with Crippen molar-refractivity contribution >= 4 is 17.7 Å². The molecule has 186 valence electrons. The molecule has 1 aromatic rings. The molecule has 0 radical (unpaired) electrons. The van der Waals surface area contributed by atoms with Gasteiger partial charge in [-0.15, -0.1) is 13.2 Å². The highest BCUT2D eigenvalue weighted by Gasteiger charge is 2.39. The number of nitrogens with one attached hydrogen (secondary N) is 1. The van der Waals surface area contributed by atoms with Gasteiger partial charge in [0.05, 0.1) is 12.6 Å². The Morgan fingerprint density at radius 3 is 2.62 bits per heavy atom.